The molecule has 3 N–H and O–H groups in total. The lowest BCUT2D eigenvalue weighted by molar-refractivity contribution is -0.384. The van der Waals surface area contributed by atoms with E-state index in [4.69, 9.17) is 15.3 Å². The van der Waals surface area contributed by atoms with Gasteiger partial charge in [0.05, 0.1) is 21.6 Å². The van der Waals surface area contributed by atoms with Gasteiger partial charge in [-0.25, -0.2) is 14.4 Å². The van der Waals surface area contributed by atoms with Gasteiger partial charge in [-0.3, -0.25) is 10.1 Å². The Morgan fingerprint density at radius 3 is 2.00 bits per heavy atom. The molecular formula is C15H9NO8. The molecule has 2 rings (SSSR count). The number of aromatic carboxylic acids is 3. The van der Waals surface area contributed by atoms with Crippen LogP contribution in [-0.2, 0) is 0 Å². The topological polar surface area (TPSA) is 155 Å². The van der Waals surface area contributed by atoms with Crippen molar-refractivity contribution < 1.29 is 34.6 Å². The first kappa shape index (κ1) is 16.6. The molecule has 0 saturated heterocycles. The predicted octanol–water partition coefficient (Wildman–Crippen LogP) is 2.36. The molecule has 0 amide bonds. The van der Waals surface area contributed by atoms with Crippen LogP contribution in [0.5, 0.6) is 0 Å². The summed E-state index contributed by atoms with van der Waals surface area (Å²) in [4.78, 5) is 43.8. The van der Waals surface area contributed by atoms with Crippen molar-refractivity contribution in [3.05, 3.63) is 63.2 Å². The molecule has 9 heteroatoms. The van der Waals surface area contributed by atoms with Gasteiger partial charge in [0, 0.05) is 0 Å². The first-order valence-electron chi connectivity index (χ1n) is 6.35. The van der Waals surface area contributed by atoms with E-state index in [9.17, 15) is 24.5 Å². The van der Waals surface area contributed by atoms with E-state index in [1.807, 2.05) is 0 Å². The Morgan fingerprint density at radius 1 is 0.875 bits per heavy atom. The van der Waals surface area contributed by atoms with E-state index in [1.165, 1.54) is 18.2 Å². The summed E-state index contributed by atoms with van der Waals surface area (Å²) in [5.74, 6) is -4.42. The van der Waals surface area contributed by atoms with Gasteiger partial charge in [-0.2, -0.15) is 0 Å². The van der Waals surface area contributed by atoms with E-state index in [0.29, 0.717) is 6.07 Å². The summed E-state index contributed by atoms with van der Waals surface area (Å²) in [6, 6.07) is 6.61. The van der Waals surface area contributed by atoms with E-state index in [0.717, 1.165) is 12.1 Å². The molecular weight excluding hydrogens is 322 g/mol. The van der Waals surface area contributed by atoms with E-state index >= 15 is 0 Å². The number of benzene rings is 2. The van der Waals surface area contributed by atoms with Crippen LogP contribution in [0.15, 0.2) is 36.4 Å². The molecule has 0 bridgehead atoms. The molecule has 0 spiro atoms. The average molecular weight is 331 g/mol. The minimum Gasteiger partial charge on any atom is -0.478 e. The second kappa shape index (κ2) is 6.16. The Labute approximate surface area is 133 Å². The summed E-state index contributed by atoms with van der Waals surface area (Å²) in [6.45, 7) is 0. The predicted molar refractivity (Wildman–Crippen MR) is 79.4 cm³/mol. The first-order valence-corrected chi connectivity index (χ1v) is 6.35. The molecule has 2 aromatic carbocycles. The van der Waals surface area contributed by atoms with Crippen LogP contribution in [0.2, 0.25) is 0 Å². The van der Waals surface area contributed by atoms with Crippen LogP contribution in [0.1, 0.15) is 31.1 Å². The highest BCUT2D eigenvalue weighted by Crippen LogP contribution is 2.35. The minimum atomic E-state index is -1.67. The molecule has 0 radical (unpaired) electrons. The average Bonchev–Trinajstić information content (AvgIpc) is 2.53. The lowest BCUT2D eigenvalue weighted by atomic mass is 9.96. The SMILES string of the molecule is O=C(O)c1cccc(-c2cc(C(=O)O)cc(C(=O)O)c2[N+](=O)[O-])c1. The minimum absolute atomic E-state index is 0.0206. The number of nitro groups is 1. The summed E-state index contributed by atoms with van der Waals surface area (Å²) >= 11 is 0. The van der Waals surface area contributed by atoms with E-state index < -0.39 is 39.6 Å². The fourth-order valence-electron chi connectivity index (χ4n) is 2.16. The van der Waals surface area contributed by atoms with Crippen LogP contribution in [0.3, 0.4) is 0 Å². The van der Waals surface area contributed by atoms with Crippen molar-refractivity contribution in [3.8, 4) is 11.1 Å². The van der Waals surface area contributed by atoms with Crippen LogP contribution >= 0.6 is 0 Å². The summed E-state index contributed by atoms with van der Waals surface area (Å²) in [5.41, 5.74) is -2.52. The Kier molecular flexibility index (Phi) is 4.27. The Hall–Kier alpha value is -3.75. The highest BCUT2D eigenvalue weighted by Gasteiger charge is 2.28. The molecule has 0 atom stereocenters. The lowest BCUT2D eigenvalue weighted by Gasteiger charge is -2.08. The standard InChI is InChI=1S/C15H9NO8/c17-13(18)8-3-1-2-7(4-8)10-5-9(14(19)20)6-11(15(21)22)12(10)16(23)24/h1-6H,(H,17,18)(H,19,20)(H,21,22). The van der Waals surface area contributed by atoms with E-state index in [1.54, 1.807) is 0 Å². The van der Waals surface area contributed by atoms with Gasteiger partial charge in [-0.05, 0) is 29.8 Å². The van der Waals surface area contributed by atoms with Crippen molar-refractivity contribution in [1.82, 2.24) is 0 Å². The third-order valence-electron chi connectivity index (χ3n) is 3.19. The molecule has 122 valence electrons. The maximum atomic E-state index is 11.3. The third-order valence-corrected chi connectivity index (χ3v) is 3.19. The molecule has 24 heavy (non-hydrogen) atoms. The van der Waals surface area contributed by atoms with Gasteiger partial charge in [-0.1, -0.05) is 12.1 Å². The zero-order chi connectivity index (χ0) is 18.0. The summed E-state index contributed by atoms with van der Waals surface area (Å²) in [5, 5.41) is 38.5. The van der Waals surface area contributed by atoms with Gasteiger partial charge < -0.3 is 15.3 Å². The molecule has 0 unspecified atom stereocenters. The quantitative estimate of drug-likeness (QED) is 0.557. The summed E-state index contributed by atoms with van der Waals surface area (Å²) < 4.78 is 0. The molecule has 0 aliphatic rings. The normalized spacial score (nSPS) is 10.2. The highest BCUT2D eigenvalue weighted by atomic mass is 16.6. The van der Waals surface area contributed by atoms with Crippen molar-refractivity contribution >= 4 is 23.6 Å². The fraction of sp³-hybridized carbons (Fsp3) is 0. The van der Waals surface area contributed by atoms with Crippen LogP contribution in [0.25, 0.3) is 11.1 Å². The van der Waals surface area contributed by atoms with E-state index in [-0.39, 0.29) is 16.7 Å². The molecule has 2 aromatic rings. The monoisotopic (exact) mass is 331 g/mol. The second-order valence-electron chi connectivity index (χ2n) is 4.67. The van der Waals surface area contributed by atoms with Gasteiger partial charge >= 0.3 is 17.9 Å². The fourth-order valence-corrected chi connectivity index (χ4v) is 2.16. The van der Waals surface area contributed by atoms with Crippen LogP contribution < -0.4 is 0 Å². The maximum Gasteiger partial charge on any atom is 0.342 e. The number of rotatable bonds is 5. The van der Waals surface area contributed by atoms with Gasteiger partial charge in [-0.15, -0.1) is 0 Å². The van der Waals surface area contributed by atoms with Crippen molar-refractivity contribution in [3.63, 3.8) is 0 Å². The number of hydrogen-bond donors (Lipinski definition) is 3. The number of nitro benzene ring substituents is 1. The number of hydrogen-bond acceptors (Lipinski definition) is 5. The zero-order valence-corrected chi connectivity index (χ0v) is 11.8. The second-order valence-corrected chi connectivity index (χ2v) is 4.67. The lowest BCUT2D eigenvalue weighted by Crippen LogP contribution is -2.08. The van der Waals surface area contributed by atoms with Crippen LogP contribution in [0.4, 0.5) is 5.69 Å². The molecule has 0 aliphatic heterocycles. The van der Waals surface area contributed by atoms with Gasteiger partial charge in [0.15, 0.2) is 0 Å². The Balaban J connectivity index is 2.87. The van der Waals surface area contributed by atoms with Crippen molar-refractivity contribution in [2.24, 2.45) is 0 Å². The molecule has 0 aliphatic carbocycles. The Bertz CT molecular complexity index is 887. The van der Waals surface area contributed by atoms with Crippen molar-refractivity contribution in [1.29, 1.82) is 0 Å². The number of carboxylic acids is 3. The first-order chi connectivity index (χ1) is 11.2. The molecule has 0 saturated carbocycles. The number of nitrogens with zero attached hydrogens (tertiary/aromatic N) is 1. The Morgan fingerprint density at radius 2 is 1.50 bits per heavy atom. The number of carbonyl (C=O) groups is 3. The summed E-state index contributed by atoms with van der Waals surface area (Å²) in [6.07, 6.45) is 0. The molecule has 0 heterocycles. The number of carboxylic acid groups (broad SMARTS) is 3. The highest BCUT2D eigenvalue weighted by molar-refractivity contribution is 6.01. The largest absolute Gasteiger partial charge is 0.478 e. The van der Waals surface area contributed by atoms with Crippen molar-refractivity contribution in [2.75, 3.05) is 0 Å². The van der Waals surface area contributed by atoms with Gasteiger partial charge in [0.2, 0.25) is 0 Å². The van der Waals surface area contributed by atoms with Crippen LogP contribution in [0, 0.1) is 10.1 Å². The molecule has 0 aromatic heterocycles. The molecule has 0 fully saturated rings. The van der Waals surface area contributed by atoms with Gasteiger partial charge in [0.25, 0.3) is 5.69 Å². The summed E-state index contributed by atoms with van der Waals surface area (Å²) in [7, 11) is 0. The smallest absolute Gasteiger partial charge is 0.342 e. The van der Waals surface area contributed by atoms with E-state index in [2.05, 4.69) is 0 Å². The van der Waals surface area contributed by atoms with Crippen molar-refractivity contribution in [2.45, 2.75) is 0 Å². The maximum absolute atomic E-state index is 11.3. The third kappa shape index (κ3) is 3.04. The molecule has 9 nitrogen and oxygen atoms in total. The van der Waals surface area contributed by atoms with Gasteiger partial charge in [0.1, 0.15) is 5.56 Å². The zero-order valence-electron chi connectivity index (χ0n) is 11.8. The van der Waals surface area contributed by atoms with Crippen LogP contribution in [-0.4, -0.2) is 38.2 Å².